The maximum Gasteiger partial charge on any atom is 0.329 e. The van der Waals surface area contributed by atoms with Crippen molar-refractivity contribution in [2.24, 2.45) is 0 Å². The monoisotopic (exact) mass is 251 g/mol. The molecule has 1 fully saturated rings. The number of carbonyl (C=O) groups excluding carboxylic acids is 1. The number of benzene rings is 1. The Morgan fingerprint density at radius 2 is 2.06 bits per heavy atom. The first-order chi connectivity index (χ1) is 8.44. The summed E-state index contributed by atoms with van der Waals surface area (Å²) in [5.74, 6) is -1.89. The normalized spacial score (nSPS) is 16.8. The van der Waals surface area contributed by atoms with E-state index in [2.05, 4.69) is 5.32 Å². The fraction of sp³-hybridized carbons (Fsp3) is 0.385. The Hall–Kier alpha value is -1.91. The molecule has 2 N–H and O–H groups in total. The molecule has 1 saturated carbocycles. The molecule has 4 nitrogen and oxygen atoms in total. The van der Waals surface area contributed by atoms with E-state index in [1.807, 2.05) is 0 Å². The van der Waals surface area contributed by atoms with Gasteiger partial charge in [-0.15, -0.1) is 0 Å². The first-order valence-electron chi connectivity index (χ1n) is 5.77. The maximum absolute atomic E-state index is 12.9. The molecule has 0 radical (unpaired) electrons. The molecule has 1 aliphatic carbocycles. The summed E-state index contributed by atoms with van der Waals surface area (Å²) in [7, 11) is 0. The van der Waals surface area contributed by atoms with E-state index in [-0.39, 0.29) is 0 Å². The van der Waals surface area contributed by atoms with Crippen molar-refractivity contribution >= 4 is 11.9 Å². The van der Waals surface area contributed by atoms with Crippen LogP contribution in [0.3, 0.4) is 0 Å². The Labute approximate surface area is 104 Å². The van der Waals surface area contributed by atoms with Crippen molar-refractivity contribution < 1.29 is 19.1 Å². The van der Waals surface area contributed by atoms with E-state index in [1.54, 1.807) is 6.92 Å². The highest BCUT2D eigenvalue weighted by Gasteiger charge is 2.45. The summed E-state index contributed by atoms with van der Waals surface area (Å²) < 4.78 is 12.9. The number of amides is 1. The van der Waals surface area contributed by atoms with Crippen molar-refractivity contribution in [2.75, 3.05) is 0 Å². The van der Waals surface area contributed by atoms with Crippen molar-refractivity contribution in [1.82, 2.24) is 5.32 Å². The lowest BCUT2D eigenvalue weighted by atomic mass is 9.76. The zero-order valence-electron chi connectivity index (χ0n) is 10.00. The molecule has 1 aliphatic rings. The molecular weight excluding hydrogens is 237 g/mol. The zero-order chi connectivity index (χ0) is 13.3. The highest BCUT2D eigenvalue weighted by atomic mass is 19.1. The highest BCUT2D eigenvalue weighted by molar-refractivity contribution is 5.99. The lowest BCUT2D eigenvalue weighted by Gasteiger charge is -2.38. The van der Waals surface area contributed by atoms with Gasteiger partial charge in [0.15, 0.2) is 0 Å². The number of carboxylic acid groups (broad SMARTS) is 1. The van der Waals surface area contributed by atoms with Gasteiger partial charge in [-0.2, -0.15) is 0 Å². The average molecular weight is 251 g/mol. The quantitative estimate of drug-likeness (QED) is 0.861. The van der Waals surface area contributed by atoms with Crippen molar-refractivity contribution in [1.29, 1.82) is 0 Å². The molecule has 0 unspecified atom stereocenters. The molecule has 1 aromatic rings. The van der Waals surface area contributed by atoms with Crippen LogP contribution in [0.5, 0.6) is 0 Å². The van der Waals surface area contributed by atoms with Crippen molar-refractivity contribution in [2.45, 2.75) is 31.7 Å². The average Bonchev–Trinajstić information content (AvgIpc) is 2.22. The molecule has 0 saturated heterocycles. The number of halogens is 1. The molecule has 0 spiro atoms. The molecular formula is C13H14FNO3. The Bertz CT molecular complexity index is 509. The predicted octanol–water partition coefficient (Wildman–Crippen LogP) is 1.87. The molecule has 0 atom stereocenters. The summed E-state index contributed by atoms with van der Waals surface area (Å²) in [6.45, 7) is 1.62. The Morgan fingerprint density at radius 3 is 2.50 bits per heavy atom. The van der Waals surface area contributed by atoms with Crippen LogP contribution in [0.1, 0.15) is 35.2 Å². The molecule has 1 amide bonds. The third kappa shape index (κ3) is 2.08. The van der Waals surface area contributed by atoms with E-state index in [9.17, 15) is 14.0 Å². The van der Waals surface area contributed by atoms with E-state index in [4.69, 9.17) is 5.11 Å². The second-order valence-corrected chi connectivity index (χ2v) is 4.65. The SMILES string of the molecule is Cc1cc(F)ccc1C(=O)NC1(C(=O)O)CCC1. The molecule has 0 aromatic heterocycles. The van der Waals surface area contributed by atoms with Gasteiger partial charge in [-0.1, -0.05) is 0 Å². The number of hydrogen-bond acceptors (Lipinski definition) is 2. The third-order valence-electron chi connectivity index (χ3n) is 3.40. The summed E-state index contributed by atoms with van der Waals surface area (Å²) in [6.07, 6.45) is 1.66. The molecule has 0 aliphatic heterocycles. The van der Waals surface area contributed by atoms with Gasteiger partial charge in [0.25, 0.3) is 5.91 Å². The lowest BCUT2D eigenvalue weighted by Crippen LogP contribution is -2.59. The molecule has 18 heavy (non-hydrogen) atoms. The van der Waals surface area contributed by atoms with Crippen molar-refractivity contribution in [3.05, 3.63) is 35.1 Å². The molecule has 96 valence electrons. The van der Waals surface area contributed by atoms with Gasteiger partial charge in [0.2, 0.25) is 0 Å². The van der Waals surface area contributed by atoms with Crippen molar-refractivity contribution in [3.8, 4) is 0 Å². The fourth-order valence-electron chi connectivity index (χ4n) is 2.09. The number of hydrogen-bond donors (Lipinski definition) is 2. The van der Waals surface area contributed by atoms with Gasteiger partial charge < -0.3 is 10.4 Å². The van der Waals surface area contributed by atoms with Crippen LogP contribution in [0.25, 0.3) is 0 Å². The zero-order valence-corrected chi connectivity index (χ0v) is 10.00. The summed E-state index contributed by atoms with van der Waals surface area (Å²) >= 11 is 0. The smallest absolute Gasteiger partial charge is 0.329 e. The van der Waals surface area contributed by atoms with Gasteiger partial charge in [-0.3, -0.25) is 4.79 Å². The Morgan fingerprint density at radius 1 is 1.39 bits per heavy atom. The number of carboxylic acids is 1. The van der Waals surface area contributed by atoms with Gasteiger partial charge in [0.05, 0.1) is 0 Å². The topological polar surface area (TPSA) is 66.4 Å². The third-order valence-corrected chi connectivity index (χ3v) is 3.40. The van der Waals surface area contributed by atoms with E-state index in [0.29, 0.717) is 24.0 Å². The van der Waals surface area contributed by atoms with Gasteiger partial charge in [0, 0.05) is 5.56 Å². The number of aryl methyl sites for hydroxylation is 1. The molecule has 0 heterocycles. The van der Waals surface area contributed by atoms with Crippen LogP contribution in [0.4, 0.5) is 4.39 Å². The minimum Gasteiger partial charge on any atom is -0.480 e. The second-order valence-electron chi connectivity index (χ2n) is 4.65. The van der Waals surface area contributed by atoms with E-state index in [1.165, 1.54) is 18.2 Å². The number of nitrogens with one attached hydrogen (secondary N) is 1. The number of rotatable bonds is 3. The Balaban J connectivity index is 2.19. The second kappa shape index (κ2) is 4.40. The van der Waals surface area contributed by atoms with Crippen LogP contribution in [0.2, 0.25) is 0 Å². The first kappa shape index (κ1) is 12.5. The minimum atomic E-state index is -1.14. The number of aliphatic carboxylic acids is 1. The fourth-order valence-corrected chi connectivity index (χ4v) is 2.09. The molecule has 5 heteroatoms. The summed E-state index contributed by atoms with van der Waals surface area (Å²) in [5.41, 5.74) is -0.339. The van der Waals surface area contributed by atoms with Gasteiger partial charge in [-0.05, 0) is 49.9 Å². The predicted molar refractivity (Wildman–Crippen MR) is 62.8 cm³/mol. The van der Waals surface area contributed by atoms with Crippen LogP contribution in [-0.2, 0) is 4.79 Å². The number of carbonyl (C=O) groups is 2. The molecule has 1 aromatic carbocycles. The first-order valence-corrected chi connectivity index (χ1v) is 5.77. The Kier molecular flexibility index (Phi) is 3.07. The van der Waals surface area contributed by atoms with Gasteiger partial charge in [0.1, 0.15) is 11.4 Å². The van der Waals surface area contributed by atoms with Crippen LogP contribution < -0.4 is 5.32 Å². The van der Waals surface area contributed by atoms with E-state index in [0.717, 1.165) is 6.42 Å². The maximum atomic E-state index is 12.9. The largest absolute Gasteiger partial charge is 0.480 e. The van der Waals surface area contributed by atoms with Crippen LogP contribution in [0.15, 0.2) is 18.2 Å². The van der Waals surface area contributed by atoms with Crippen LogP contribution in [0, 0.1) is 12.7 Å². The van der Waals surface area contributed by atoms with Gasteiger partial charge >= 0.3 is 5.97 Å². The highest BCUT2D eigenvalue weighted by Crippen LogP contribution is 2.32. The molecule has 2 rings (SSSR count). The van der Waals surface area contributed by atoms with Gasteiger partial charge in [-0.25, -0.2) is 9.18 Å². The summed E-state index contributed by atoms with van der Waals surface area (Å²) in [4.78, 5) is 23.1. The van der Waals surface area contributed by atoms with Crippen LogP contribution in [-0.4, -0.2) is 22.5 Å². The summed E-state index contributed by atoms with van der Waals surface area (Å²) in [6, 6.07) is 3.81. The van der Waals surface area contributed by atoms with Crippen molar-refractivity contribution in [3.63, 3.8) is 0 Å². The minimum absolute atomic E-state index is 0.309. The van der Waals surface area contributed by atoms with E-state index >= 15 is 0 Å². The standard InChI is InChI=1S/C13H14FNO3/c1-8-7-9(14)3-4-10(8)11(16)15-13(12(17)18)5-2-6-13/h3-4,7H,2,5-6H2,1H3,(H,15,16)(H,17,18). The van der Waals surface area contributed by atoms with Crippen LogP contribution >= 0.6 is 0 Å². The summed E-state index contributed by atoms with van der Waals surface area (Å²) in [5, 5.41) is 11.7. The molecule has 0 bridgehead atoms. The van der Waals surface area contributed by atoms with E-state index < -0.39 is 23.2 Å². The lowest BCUT2D eigenvalue weighted by molar-refractivity contribution is -0.148.